The van der Waals surface area contributed by atoms with E-state index in [0.29, 0.717) is 17.7 Å². The zero-order valence-corrected chi connectivity index (χ0v) is 6.93. The second-order valence-corrected chi connectivity index (χ2v) is 3.89. The van der Waals surface area contributed by atoms with Crippen molar-refractivity contribution in [3.8, 4) is 0 Å². The summed E-state index contributed by atoms with van der Waals surface area (Å²) in [5.41, 5.74) is 5.58. The lowest BCUT2D eigenvalue weighted by atomic mass is 10.0. The van der Waals surface area contributed by atoms with Gasteiger partial charge in [0.05, 0.1) is 19.3 Å². The van der Waals surface area contributed by atoms with E-state index in [2.05, 4.69) is 11.6 Å². The Balaban J connectivity index is 2.25. The van der Waals surface area contributed by atoms with Crippen molar-refractivity contribution in [1.29, 1.82) is 0 Å². The van der Waals surface area contributed by atoms with Gasteiger partial charge in [-0.3, -0.25) is 4.99 Å². The summed E-state index contributed by atoms with van der Waals surface area (Å²) in [5.74, 6) is 0.396. The predicted molar refractivity (Wildman–Crippen MR) is 46.5 cm³/mol. The van der Waals surface area contributed by atoms with Crippen molar-refractivity contribution in [2.75, 3.05) is 13.2 Å². The molecule has 2 aliphatic heterocycles. The Kier molecular flexibility index (Phi) is 1.65. The lowest BCUT2D eigenvalue weighted by Crippen LogP contribution is -2.26. The maximum atomic E-state index is 5.58. The number of hydrogen-bond acceptors (Lipinski definition) is 4. The van der Waals surface area contributed by atoms with Crippen LogP contribution in [0.4, 0.5) is 0 Å². The molecular weight excluding hydrogens is 160 g/mol. The minimum Gasteiger partial charge on any atom is -0.378 e. The third kappa shape index (κ3) is 1.16. The highest BCUT2D eigenvalue weighted by molar-refractivity contribution is 8.17. The Morgan fingerprint density at radius 2 is 2.45 bits per heavy atom. The topological polar surface area (TPSA) is 47.6 Å². The molecule has 0 radical (unpaired) electrons. The smallest absolute Gasteiger partial charge is 0.158 e. The van der Waals surface area contributed by atoms with Gasteiger partial charge in [0.2, 0.25) is 0 Å². The van der Waals surface area contributed by atoms with E-state index in [1.54, 1.807) is 0 Å². The molecule has 0 amide bonds. The van der Waals surface area contributed by atoms with Crippen molar-refractivity contribution in [3.05, 3.63) is 11.5 Å². The van der Waals surface area contributed by atoms with Crippen molar-refractivity contribution in [2.24, 2.45) is 16.6 Å². The van der Waals surface area contributed by atoms with Gasteiger partial charge in [-0.1, -0.05) is 18.3 Å². The fourth-order valence-corrected chi connectivity index (χ4v) is 2.21. The monoisotopic (exact) mass is 170 g/mol. The summed E-state index contributed by atoms with van der Waals surface area (Å²) in [6, 6.07) is 0.240. The van der Waals surface area contributed by atoms with Crippen molar-refractivity contribution < 1.29 is 4.74 Å². The SMILES string of the molecule is C=C1SC(N)=NC2COCC12. The van der Waals surface area contributed by atoms with Crippen molar-refractivity contribution >= 4 is 16.9 Å². The van der Waals surface area contributed by atoms with Crippen molar-refractivity contribution in [1.82, 2.24) is 0 Å². The Morgan fingerprint density at radius 1 is 1.64 bits per heavy atom. The Bertz CT molecular complexity index is 226. The van der Waals surface area contributed by atoms with Gasteiger partial charge in [-0.2, -0.15) is 0 Å². The van der Waals surface area contributed by atoms with E-state index >= 15 is 0 Å². The zero-order valence-electron chi connectivity index (χ0n) is 6.12. The van der Waals surface area contributed by atoms with E-state index in [0.717, 1.165) is 11.5 Å². The van der Waals surface area contributed by atoms with Crippen LogP contribution < -0.4 is 5.73 Å². The second-order valence-electron chi connectivity index (χ2n) is 2.75. The van der Waals surface area contributed by atoms with Gasteiger partial charge < -0.3 is 10.5 Å². The number of aliphatic imine (C=N–C) groups is 1. The molecule has 2 rings (SSSR count). The molecular formula is C7H10N2OS. The van der Waals surface area contributed by atoms with Crippen LogP contribution in [0.15, 0.2) is 16.5 Å². The molecule has 0 aromatic carbocycles. The van der Waals surface area contributed by atoms with E-state index in [-0.39, 0.29) is 6.04 Å². The molecule has 2 aliphatic rings. The first-order valence-electron chi connectivity index (χ1n) is 3.55. The van der Waals surface area contributed by atoms with Crippen molar-refractivity contribution in [2.45, 2.75) is 6.04 Å². The Morgan fingerprint density at radius 3 is 3.27 bits per heavy atom. The lowest BCUT2D eigenvalue weighted by Gasteiger charge is -2.21. The molecule has 0 aromatic heterocycles. The van der Waals surface area contributed by atoms with Crippen LogP contribution in [0.5, 0.6) is 0 Å². The number of ether oxygens (including phenoxy) is 1. The molecule has 0 aromatic rings. The molecule has 1 saturated heterocycles. The van der Waals surface area contributed by atoms with Gasteiger partial charge in [-0.15, -0.1) is 0 Å². The normalized spacial score (nSPS) is 36.7. The summed E-state index contributed by atoms with van der Waals surface area (Å²) >= 11 is 1.47. The first kappa shape index (κ1) is 7.18. The summed E-state index contributed by atoms with van der Waals surface area (Å²) in [7, 11) is 0. The lowest BCUT2D eigenvalue weighted by molar-refractivity contribution is 0.189. The van der Waals surface area contributed by atoms with E-state index < -0.39 is 0 Å². The van der Waals surface area contributed by atoms with E-state index in [4.69, 9.17) is 10.5 Å². The molecule has 2 unspecified atom stereocenters. The molecule has 3 nitrogen and oxygen atoms in total. The highest BCUT2D eigenvalue weighted by atomic mass is 32.2. The van der Waals surface area contributed by atoms with Gasteiger partial charge in [0.15, 0.2) is 5.17 Å². The molecule has 4 heteroatoms. The Labute approximate surface area is 69.7 Å². The average Bonchev–Trinajstić information content (AvgIpc) is 2.34. The number of thioether (sulfide) groups is 1. The maximum Gasteiger partial charge on any atom is 0.158 e. The van der Waals surface area contributed by atoms with E-state index in [1.807, 2.05) is 0 Å². The van der Waals surface area contributed by atoms with Gasteiger partial charge in [-0.25, -0.2) is 0 Å². The largest absolute Gasteiger partial charge is 0.378 e. The number of nitrogens with two attached hydrogens (primary N) is 1. The van der Waals surface area contributed by atoms with Crippen molar-refractivity contribution in [3.63, 3.8) is 0 Å². The van der Waals surface area contributed by atoms with Gasteiger partial charge in [-0.05, 0) is 4.91 Å². The second kappa shape index (κ2) is 2.53. The van der Waals surface area contributed by atoms with Crippen LogP contribution in [0.1, 0.15) is 0 Å². The molecule has 60 valence electrons. The summed E-state index contributed by atoms with van der Waals surface area (Å²) in [4.78, 5) is 5.36. The van der Waals surface area contributed by atoms with Gasteiger partial charge in [0.25, 0.3) is 0 Å². The molecule has 0 aliphatic carbocycles. The fraction of sp³-hybridized carbons (Fsp3) is 0.571. The molecule has 0 saturated carbocycles. The number of amidine groups is 1. The van der Waals surface area contributed by atoms with E-state index in [9.17, 15) is 0 Å². The summed E-state index contributed by atoms with van der Waals surface area (Å²) in [6.07, 6.45) is 0. The van der Waals surface area contributed by atoms with Crippen LogP contribution in [0.2, 0.25) is 0 Å². The van der Waals surface area contributed by atoms with E-state index in [1.165, 1.54) is 11.8 Å². The summed E-state index contributed by atoms with van der Waals surface area (Å²) in [6.45, 7) is 5.39. The minimum atomic E-state index is 0.240. The molecule has 11 heavy (non-hydrogen) atoms. The first-order chi connectivity index (χ1) is 5.27. The third-order valence-corrected chi connectivity index (χ3v) is 2.87. The molecule has 2 atom stereocenters. The first-order valence-corrected chi connectivity index (χ1v) is 4.36. The average molecular weight is 170 g/mol. The molecule has 1 fully saturated rings. The summed E-state index contributed by atoms with van der Waals surface area (Å²) < 4.78 is 5.27. The third-order valence-electron chi connectivity index (χ3n) is 1.99. The van der Waals surface area contributed by atoms with Crippen LogP contribution >= 0.6 is 11.8 Å². The maximum absolute atomic E-state index is 5.58. The van der Waals surface area contributed by atoms with Crippen LogP contribution in [-0.2, 0) is 4.74 Å². The molecule has 0 bridgehead atoms. The van der Waals surface area contributed by atoms with Gasteiger partial charge >= 0.3 is 0 Å². The predicted octanol–water partition coefficient (Wildman–Crippen LogP) is 0.577. The number of hydrogen-bond donors (Lipinski definition) is 1. The molecule has 0 spiro atoms. The van der Waals surface area contributed by atoms with Gasteiger partial charge in [0.1, 0.15) is 0 Å². The summed E-state index contributed by atoms with van der Waals surface area (Å²) in [5, 5.41) is 0.627. The standard InChI is InChI=1S/C7H10N2OS/c1-4-5-2-10-3-6(5)9-7(8)11-4/h5-6H,1-3H2,(H2,8,9). The molecule has 2 heterocycles. The molecule has 2 N–H and O–H groups in total. The van der Waals surface area contributed by atoms with Crippen LogP contribution in [0, 0.1) is 5.92 Å². The highest BCUT2D eigenvalue weighted by Gasteiger charge is 2.33. The minimum absolute atomic E-state index is 0.240. The highest BCUT2D eigenvalue weighted by Crippen LogP contribution is 2.35. The van der Waals surface area contributed by atoms with Crippen LogP contribution in [0.25, 0.3) is 0 Å². The number of rotatable bonds is 0. The Hall–Kier alpha value is -0.480. The van der Waals surface area contributed by atoms with Crippen LogP contribution in [0.3, 0.4) is 0 Å². The fourth-order valence-electron chi connectivity index (χ4n) is 1.38. The number of nitrogens with zero attached hydrogens (tertiary/aromatic N) is 1. The number of fused-ring (bicyclic) bond motifs is 1. The van der Waals surface area contributed by atoms with Gasteiger partial charge in [0, 0.05) is 5.92 Å². The zero-order chi connectivity index (χ0) is 7.84. The quantitative estimate of drug-likeness (QED) is 0.578. The van der Waals surface area contributed by atoms with Crippen LogP contribution in [-0.4, -0.2) is 24.4 Å².